The quantitative estimate of drug-likeness (QED) is 0.514. The molecule has 0 saturated heterocycles. The van der Waals surface area contributed by atoms with Gasteiger partial charge in [0.1, 0.15) is 6.17 Å². The van der Waals surface area contributed by atoms with Gasteiger partial charge in [0.2, 0.25) is 0 Å². The molecule has 90 valence electrons. The van der Waals surface area contributed by atoms with Crippen molar-refractivity contribution in [3.8, 4) is 0 Å². The highest BCUT2D eigenvalue weighted by atomic mass is 19.1. The number of hydrogen-bond acceptors (Lipinski definition) is 0. The molecule has 1 heteroatoms. The van der Waals surface area contributed by atoms with E-state index >= 15 is 0 Å². The third-order valence-electron chi connectivity index (χ3n) is 3.68. The molecule has 0 saturated carbocycles. The summed E-state index contributed by atoms with van der Waals surface area (Å²) >= 11 is 0. The Morgan fingerprint density at radius 1 is 1.33 bits per heavy atom. The van der Waals surface area contributed by atoms with Gasteiger partial charge in [-0.2, -0.15) is 0 Å². The van der Waals surface area contributed by atoms with Gasteiger partial charge in [-0.05, 0) is 37.0 Å². The van der Waals surface area contributed by atoms with Crippen molar-refractivity contribution in [3.05, 3.63) is 12.2 Å². The highest BCUT2D eigenvalue weighted by Crippen LogP contribution is 2.39. The molecule has 0 aromatic carbocycles. The van der Waals surface area contributed by atoms with Crippen LogP contribution in [-0.4, -0.2) is 6.17 Å². The topological polar surface area (TPSA) is 0 Å². The number of hydrogen-bond donors (Lipinski definition) is 0. The number of halogens is 1. The van der Waals surface area contributed by atoms with Gasteiger partial charge < -0.3 is 0 Å². The Morgan fingerprint density at radius 2 is 1.87 bits per heavy atom. The van der Waals surface area contributed by atoms with Crippen molar-refractivity contribution >= 4 is 0 Å². The first kappa shape index (κ1) is 14.7. The van der Waals surface area contributed by atoms with E-state index in [4.69, 9.17) is 0 Å². The Kier molecular flexibility index (Phi) is 6.16. The summed E-state index contributed by atoms with van der Waals surface area (Å²) in [6.07, 6.45) is 2.59. The van der Waals surface area contributed by atoms with E-state index in [9.17, 15) is 4.39 Å². The summed E-state index contributed by atoms with van der Waals surface area (Å²) in [4.78, 5) is 0. The van der Waals surface area contributed by atoms with Gasteiger partial charge in [0.25, 0.3) is 0 Å². The first-order valence-electron chi connectivity index (χ1n) is 6.16. The summed E-state index contributed by atoms with van der Waals surface area (Å²) in [7, 11) is 0. The van der Waals surface area contributed by atoms with E-state index < -0.39 is 6.17 Å². The van der Waals surface area contributed by atoms with E-state index in [-0.39, 0.29) is 5.41 Å². The van der Waals surface area contributed by atoms with Gasteiger partial charge >= 0.3 is 0 Å². The second kappa shape index (κ2) is 6.30. The summed E-state index contributed by atoms with van der Waals surface area (Å²) in [6, 6.07) is 0. The molecule has 0 aliphatic heterocycles. The van der Waals surface area contributed by atoms with Crippen LogP contribution in [0.3, 0.4) is 0 Å². The number of rotatable bonds is 7. The van der Waals surface area contributed by atoms with Crippen LogP contribution >= 0.6 is 0 Å². The Labute approximate surface area is 95.0 Å². The van der Waals surface area contributed by atoms with Crippen molar-refractivity contribution in [1.82, 2.24) is 0 Å². The fourth-order valence-corrected chi connectivity index (χ4v) is 1.86. The molecule has 15 heavy (non-hydrogen) atoms. The zero-order valence-corrected chi connectivity index (χ0v) is 11.1. The lowest BCUT2D eigenvalue weighted by molar-refractivity contribution is 0.132. The molecule has 0 rings (SSSR count). The SMILES string of the molecule is C=C(CC)CC(C)(CC(F)CC)C(C)C. The van der Waals surface area contributed by atoms with E-state index in [1.165, 1.54) is 5.57 Å². The summed E-state index contributed by atoms with van der Waals surface area (Å²) in [5.41, 5.74) is 1.32. The van der Waals surface area contributed by atoms with Crippen LogP contribution in [0.15, 0.2) is 12.2 Å². The molecule has 0 aromatic rings. The maximum atomic E-state index is 13.5. The predicted octanol–water partition coefficient (Wildman–Crippen LogP) is 5.14. The lowest BCUT2D eigenvalue weighted by Gasteiger charge is -2.35. The van der Waals surface area contributed by atoms with Crippen molar-refractivity contribution in [2.75, 3.05) is 0 Å². The lowest BCUT2D eigenvalue weighted by Crippen LogP contribution is -2.27. The maximum Gasteiger partial charge on any atom is 0.100 e. The number of allylic oxidation sites excluding steroid dienone is 1. The molecule has 0 bridgehead atoms. The Balaban J connectivity index is 4.52. The molecule has 0 nitrogen and oxygen atoms in total. The molecule has 0 aromatic heterocycles. The van der Waals surface area contributed by atoms with Crippen LogP contribution in [0.4, 0.5) is 4.39 Å². The van der Waals surface area contributed by atoms with Gasteiger partial charge in [-0.15, -0.1) is 0 Å². The molecule has 2 unspecified atom stereocenters. The standard InChI is InChI=1S/C14H27F/c1-7-12(5)9-14(6,11(3)4)10-13(15)8-2/h11,13H,5,7-10H2,1-4,6H3. The zero-order chi connectivity index (χ0) is 12.1. The summed E-state index contributed by atoms with van der Waals surface area (Å²) in [5, 5.41) is 0. The van der Waals surface area contributed by atoms with E-state index in [0.29, 0.717) is 18.8 Å². The average Bonchev–Trinajstić information content (AvgIpc) is 2.16. The van der Waals surface area contributed by atoms with Gasteiger partial charge in [0.15, 0.2) is 0 Å². The molecular weight excluding hydrogens is 187 g/mol. The monoisotopic (exact) mass is 214 g/mol. The third-order valence-corrected chi connectivity index (χ3v) is 3.68. The van der Waals surface area contributed by atoms with E-state index in [2.05, 4.69) is 34.3 Å². The Bertz CT molecular complexity index is 196. The molecule has 0 radical (unpaired) electrons. The van der Waals surface area contributed by atoms with Crippen LogP contribution in [0.2, 0.25) is 0 Å². The van der Waals surface area contributed by atoms with Gasteiger partial charge in [0, 0.05) is 0 Å². The minimum absolute atomic E-state index is 0.0719. The van der Waals surface area contributed by atoms with E-state index in [1.807, 2.05) is 6.92 Å². The zero-order valence-electron chi connectivity index (χ0n) is 11.1. The molecule has 0 aliphatic carbocycles. The largest absolute Gasteiger partial charge is 0.247 e. The van der Waals surface area contributed by atoms with E-state index in [1.54, 1.807) is 0 Å². The van der Waals surface area contributed by atoms with Crippen LogP contribution in [-0.2, 0) is 0 Å². The van der Waals surface area contributed by atoms with Gasteiger partial charge in [-0.1, -0.05) is 46.8 Å². The first-order chi connectivity index (χ1) is 6.85. The van der Waals surface area contributed by atoms with Crippen molar-refractivity contribution in [2.45, 2.75) is 66.5 Å². The van der Waals surface area contributed by atoms with Gasteiger partial charge in [-0.3, -0.25) is 0 Å². The van der Waals surface area contributed by atoms with Crippen LogP contribution in [0, 0.1) is 11.3 Å². The second-order valence-corrected chi connectivity index (χ2v) is 5.30. The smallest absolute Gasteiger partial charge is 0.100 e. The number of alkyl halides is 1. The van der Waals surface area contributed by atoms with Gasteiger partial charge in [0.05, 0.1) is 0 Å². The fraction of sp³-hybridized carbons (Fsp3) is 0.857. The van der Waals surface area contributed by atoms with E-state index in [0.717, 1.165) is 12.8 Å². The van der Waals surface area contributed by atoms with Crippen molar-refractivity contribution in [1.29, 1.82) is 0 Å². The average molecular weight is 214 g/mol. The predicted molar refractivity (Wildman–Crippen MR) is 66.8 cm³/mol. The molecule has 0 N–H and O–H groups in total. The summed E-state index contributed by atoms with van der Waals surface area (Å²) < 4.78 is 13.5. The van der Waals surface area contributed by atoms with Crippen molar-refractivity contribution < 1.29 is 4.39 Å². The van der Waals surface area contributed by atoms with Crippen LogP contribution < -0.4 is 0 Å². The van der Waals surface area contributed by atoms with Crippen LogP contribution in [0.1, 0.15) is 60.3 Å². The third kappa shape index (κ3) is 4.81. The highest BCUT2D eigenvalue weighted by molar-refractivity contribution is 5.00. The first-order valence-corrected chi connectivity index (χ1v) is 6.16. The highest BCUT2D eigenvalue weighted by Gasteiger charge is 2.31. The minimum Gasteiger partial charge on any atom is -0.247 e. The minimum atomic E-state index is -0.665. The molecule has 0 fully saturated rings. The molecule has 0 aliphatic rings. The summed E-state index contributed by atoms with van der Waals surface area (Å²) in [5.74, 6) is 0.505. The van der Waals surface area contributed by atoms with Gasteiger partial charge in [-0.25, -0.2) is 4.39 Å². The normalized spacial score (nSPS) is 17.5. The molecule has 0 heterocycles. The van der Waals surface area contributed by atoms with Crippen molar-refractivity contribution in [3.63, 3.8) is 0 Å². The molecule has 0 amide bonds. The molecule has 2 atom stereocenters. The second-order valence-electron chi connectivity index (χ2n) is 5.30. The fourth-order valence-electron chi connectivity index (χ4n) is 1.86. The maximum absolute atomic E-state index is 13.5. The molecular formula is C14H27F. The lowest BCUT2D eigenvalue weighted by atomic mass is 9.70. The van der Waals surface area contributed by atoms with Crippen LogP contribution in [0.5, 0.6) is 0 Å². The van der Waals surface area contributed by atoms with Crippen LogP contribution in [0.25, 0.3) is 0 Å². The van der Waals surface area contributed by atoms with Crippen molar-refractivity contribution in [2.24, 2.45) is 11.3 Å². The Hall–Kier alpha value is -0.330. The molecule has 0 spiro atoms. The Morgan fingerprint density at radius 3 is 2.20 bits per heavy atom. The summed E-state index contributed by atoms with van der Waals surface area (Å²) in [6.45, 7) is 14.7.